The Labute approximate surface area is 74.8 Å². The molecule has 0 aliphatic heterocycles. The highest BCUT2D eigenvalue weighted by Crippen LogP contribution is 2.36. The molecule has 0 saturated carbocycles. The van der Waals surface area contributed by atoms with Crippen molar-refractivity contribution in [2.45, 2.75) is 18.5 Å². The summed E-state index contributed by atoms with van der Waals surface area (Å²) in [4.78, 5) is 0. The summed E-state index contributed by atoms with van der Waals surface area (Å²) in [6.45, 7) is 0. The Morgan fingerprint density at radius 1 is 1.00 bits per heavy atom. The lowest BCUT2D eigenvalue weighted by atomic mass is 10.3. The van der Waals surface area contributed by atoms with Crippen LogP contribution in [0.5, 0.6) is 0 Å². The fraction of sp³-hybridized carbons (Fsp3) is 1.00. The van der Waals surface area contributed by atoms with E-state index in [1.54, 1.807) is 0 Å². The van der Waals surface area contributed by atoms with Crippen LogP contribution in [0, 0.1) is 0 Å². The van der Waals surface area contributed by atoms with Crippen molar-refractivity contribution in [2.75, 3.05) is 6.26 Å². The zero-order valence-electron chi connectivity index (χ0n) is 6.48. The van der Waals surface area contributed by atoms with E-state index in [2.05, 4.69) is 4.18 Å². The second-order valence-electron chi connectivity index (χ2n) is 2.26. The Hall–Kier alpha value is -0.510. The third-order valence-corrected chi connectivity index (χ3v) is 1.41. The number of halogens is 6. The van der Waals surface area contributed by atoms with Crippen molar-refractivity contribution in [2.24, 2.45) is 0 Å². The molecular weight excluding hydrogens is 242 g/mol. The molecule has 0 aromatic heterocycles. The van der Waals surface area contributed by atoms with Crippen LogP contribution in [0.3, 0.4) is 0 Å². The van der Waals surface area contributed by atoms with Gasteiger partial charge in [0.1, 0.15) is 0 Å². The normalized spacial score (nSPS) is 14.9. The largest absolute Gasteiger partial charge is 0.425 e. The van der Waals surface area contributed by atoms with Crippen LogP contribution in [0.4, 0.5) is 26.3 Å². The van der Waals surface area contributed by atoms with E-state index < -0.39 is 28.6 Å². The van der Waals surface area contributed by atoms with Gasteiger partial charge in [0, 0.05) is 0 Å². The van der Waals surface area contributed by atoms with Gasteiger partial charge in [0.15, 0.2) is 0 Å². The molecule has 10 heteroatoms. The first-order valence-corrected chi connectivity index (χ1v) is 4.67. The quantitative estimate of drug-likeness (QED) is 0.547. The fourth-order valence-electron chi connectivity index (χ4n) is 0.469. The minimum Gasteiger partial charge on any atom is -0.247 e. The molecule has 0 aromatic rings. The van der Waals surface area contributed by atoms with E-state index in [4.69, 9.17) is 0 Å². The molecule has 0 N–H and O–H groups in total. The average Bonchev–Trinajstić information content (AvgIpc) is 1.75. The van der Waals surface area contributed by atoms with E-state index >= 15 is 0 Å². The fourth-order valence-corrected chi connectivity index (χ4v) is 1.04. The summed E-state index contributed by atoms with van der Waals surface area (Å²) in [5, 5.41) is 0. The summed E-state index contributed by atoms with van der Waals surface area (Å²) in [6.07, 6.45) is -15.9. The molecule has 0 aromatic carbocycles. The van der Waals surface area contributed by atoms with E-state index in [0.717, 1.165) is 0 Å². The van der Waals surface area contributed by atoms with Crippen LogP contribution in [0.1, 0.15) is 0 Å². The molecule has 0 aliphatic carbocycles. The molecule has 0 rings (SSSR count). The Kier molecular flexibility index (Phi) is 3.44. The minimum absolute atomic E-state index is 0.0947. The molecule has 14 heavy (non-hydrogen) atoms. The molecule has 0 radical (unpaired) electrons. The molecule has 0 unspecified atom stereocenters. The van der Waals surface area contributed by atoms with Crippen molar-refractivity contribution in [3.63, 3.8) is 0 Å². The second kappa shape index (κ2) is 3.57. The van der Waals surface area contributed by atoms with E-state index in [0.29, 0.717) is 0 Å². The molecule has 0 fully saturated rings. The van der Waals surface area contributed by atoms with Gasteiger partial charge in [-0.1, -0.05) is 0 Å². The Morgan fingerprint density at radius 2 is 1.29 bits per heavy atom. The monoisotopic (exact) mass is 246 g/mol. The molecule has 0 aliphatic rings. The third-order valence-electron chi connectivity index (χ3n) is 0.866. The predicted octanol–water partition coefficient (Wildman–Crippen LogP) is 1.46. The average molecular weight is 246 g/mol. The first-order valence-electron chi connectivity index (χ1n) is 2.86. The molecule has 86 valence electrons. The van der Waals surface area contributed by atoms with Crippen molar-refractivity contribution in [1.29, 1.82) is 0 Å². The maximum Gasteiger partial charge on any atom is 0.425 e. The highest BCUT2D eigenvalue weighted by atomic mass is 32.2. The smallest absolute Gasteiger partial charge is 0.247 e. The van der Waals surface area contributed by atoms with E-state index in [9.17, 15) is 34.8 Å². The molecular formula is C4H4F6O3S. The Morgan fingerprint density at radius 3 is 1.36 bits per heavy atom. The van der Waals surface area contributed by atoms with Crippen LogP contribution in [0.25, 0.3) is 0 Å². The molecule has 0 bridgehead atoms. The third kappa shape index (κ3) is 4.65. The number of alkyl halides is 6. The minimum atomic E-state index is -5.82. The van der Waals surface area contributed by atoms with Gasteiger partial charge in [-0.25, -0.2) is 4.18 Å². The highest BCUT2D eigenvalue weighted by molar-refractivity contribution is 7.86. The number of hydrogen-bond donors (Lipinski definition) is 0. The van der Waals surface area contributed by atoms with E-state index in [-0.39, 0.29) is 6.26 Å². The van der Waals surface area contributed by atoms with Gasteiger partial charge >= 0.3 is 12.4 Å². The van der Waals surface area contributed by atoms with Gasteiger partial charge in [-0.15, -0.1) is 0 Å². The van der Waals surface area contributed by atoms with Gasteiger partial charge in [-0.3, -0.25) is 0 Å². The lowest BCUT2D eigenvalue weighted by Gasteiger charge is -2.21. The summed E-state index contributed by atoms with van der Waals surface area (Å²) in [5.74, 6) is 0. The molecule has 0 spiro atoms. The topological polar surface area (TPSA) is 43.4 Å². The molecule has 0 saturated heterocycles. The Bertz CT molecular complexity index is 273. The van der Waals surface area contributed by atoms with E-state index in [1.165, 1.54) is 0 Å². The standard InChI is InChI=1S/C4H4F6O3S/c1-14(11,12)13-2(3(5,6)7)4(8,9)10/h2H,1H3. The molecule has 3 nitrogen and oxygen atoms in total. The van der Waals surface area contributed by atoms with Crippen molar-refractivity contribution in [1.82, 2.24) is 0 Å². The lowest BCUT2D eigenvalue weighted by Crippen LogP contribution is -2.45. The maximum absolute atomic E-state index is 11.6. The SMILES string of the molecule is CS(=O)(=O)OC(C(F)(F)F)C(F)(F)F. The van der Waals surface area contributed by atoms with Crippen molar-refractivity contribution in [3.8, 4) is 0 Å². The van der Waals surface area contributed by atoms with Crippen LogP contribution in [0.15, 0.2) is 0 Å². The summed E-state index contributed by atoms with van der Waals surface area (Å²) < 4.78 is 92.9. The highest BCUT2D eigenvalue weighted by Gasteiger charge is 2.59. The summed E-state index contributed by atoms with van der Waals surface area (Å²) in [6, 6.07) is 0. The van der Waals surface area contributed by atoms with Crippen molar-refractivity contribution < 1.29 is 38.9 Å². The molecule has 0 atom stereocenters. The first-order chi connectivity index (χ1) is 5.84. The lowest BCUT2D eigenvalue weighted by molar-refractivity contribution is -0.299. The van der Waals surface area contributed by atoms with Gasteiger partial charge in [0.25, 0.3) is 16.2 Å². The maximum atomic E-state index is 11.6. The van der Waals surface area contributed by atoms with Crippen LogP contribution in [-0.2, 0) is 14.3 Å². The van der Waals surface area contributed by atoms with Crippen molar-refractivity contribution in [3.05, 3.63) is 0 Å². The van der Waals surface area contributed by atoms with Crippen LogP contribution < -0.4 is 0 Å². The molecule has 0 heterocycles. The first kappa shape index (κ1) is 13.5. The van der Waals surface area contributed by atoms with Gasteiger partial charge in [-0.05, 0) is 0 Å². The van der Waals surface area contributed by atoms with Crippen LogP contribution >= 0.6 is 0 Å². The second-order valence-corrected chi connectivity index (χ2v) is 3.86. The number of rotatable bonds is 2. The van der Waals surface area contributed by atoms with Gasteiger partial charge < -0.3 is 0 Å². The van der Waals surface area contributed by atoms with Crippen molar-refractivity contribution >= 4 is 10.1 Å². The predicted molar refractivity (Wildman–Crippen MR) is 31.8 cm³/mol. The van der Waals surface area contributed by atoms with Gasteiger partial charge in [-0.2, -0.15) is 34.8 Å². The Balaban J connectivity index is 4.97. The molecule has 0 amide bonds. The van der Waals surface area contributed by atoms with E-state index in [1.807, 2.05) is 0 Å². The van der Waals surface area contributed by atoms with Gasteiger partial charge in [0.2, 0.25) is 0 Å². The summed E-state index contributed by atoms with van der Waals surface area (Å²) in [5.41, 5.74) is 0. The zero-order chi connectivity index (χ0) is 11.8. The number of hydrogen-bond acceptors (Lipinski definition) is 3. The van der Waals surface area contributed by atoms with Gasteiger partial charge in [0.05, 0.1) is 6.26 Å². The zero-order valence-corrected chi connectivity index (χ0v) is 7.29. The van der Waals surface area contributed by atoms with Crippen LogP contribution in [0.2, 0.25) is 0 Å². The summed E-state index contributed by atoms with van der Waals surface area (Å²) in [7, 11) is -4.83. The van der Waals surface area contributed by atoms with Crippen LogP contribution in [-0.4, -0.2) is 33.1 Å². The summed E-state index contributed by atoms with van der Waals surface area (Å²) >= 11 is 0.